The lowest BCUT2D eigenvalue weighted by atomic mass is 10.1. The maximum absolute atomic E-state index is 11.8. The Balaban J connectivity index is 1.70. The summed E-state index contributed by atoms with van der Waals surface area (Å²) in [5, 5.41) is 0.856. The lowest BCUT2D eigenvalue weighted by molar-refractivity contribution is -0.857. The number of hydrogen-bond donors (Lipinski definition) is 1. The lowest BCUT2D eigenvalue weighted by Gasteiger charge is -2.35. The Bertz CT molecular complexity index is 1400. The third-order valence-electron chi connectivity index (χ3n) is 6.62. The first-order valence-corrected chi connectivity index (χ1v) is 14.2. The van der Waals surface area contributed by atoms with Crippen molar-refractivity contribution in [1.29, 1.82) is 0 Å². The van der Waals surface area contributed by atoms with E-state index < -0.39 is 10.0 Å². The monoisotopic (exact) mass is 529 g/mol. The summed E-state index contributed by atoms with van der Waals surface area (Å²) in [7, 11) is -1.82. The van der Waals surface area contributed by atoms with Gasteiger partial charge in [-0.25, -0.2) is 8.42 Å². The summed E-state index contributed by atoms with van der Waals surface area (Å²) >= 11 is 0. The molecule has 2 aliphatic rings. The second-order valence-electron chi connectivity index (χ2n) is 9.47. The van der Waals surface area contributed by atoms with E-state index in [1.165, 1.54) is 0 Å². The molecule has 37 heavy (non-hydrogen) atoms. The average molecular weight is 530 g/mol. The molecule has 12 heteroatoms. The highest BCUT2D eigenvalue weighted by Crippen LogP contribution is 2.31. The highest BCUT2D eigenvalue weighted by molar-refractivity contribution is 7.92. The van der Waals surface area contributed by atoms with E-state index in [1.54, 1.807) is 30.0 Å². The number of nitrogens with one attached hydrogen (secondary N) is 1. The van der Waals surface area contributed by atoms with Crippen LogP contribution in [-0.4, -0.2) is 83.4 Å². The minimum absolute atomic E-state index is 0.124. The van der Waals surface area contributed by atoms with Gasteiger partial charge in [0.2, 0.25) is 10.0 Å². The Hall–Kier alpha value is -3.22. The summed E-state index contributed by atoms with van der Waals surface area (Å²) in [4.78, 5) is 20.4. The molecular weight excluding hydrogens is 496 g/mol. The Kier molecular flexibility index (Phi) is 7.06. The minimum Gasteiger partial charge on any atom is -0.377 e. The Labute approximate surface area is 217 Å². The van der Waals surface area contributed by atoms with Gasteiger partial charge in [0.15, 0.2) is 11.5 Å². The summed E-state index contributed by atoms with van der Waals surface area (Å²) in [6.45, 7) is 8.11. The summed E-state index contributed by atoms with van der Waals surface area (Å²) in [5.41, 5.74) is 2.60. The quantitative estimate of drug-likeness (QED) is 0.475. The van der Waals surface area contributed by atoms with Crippen molar-refractivity contribution in [2.75, 3.05) is 67.4 Å². The number of aromatic nitrogens is 3. The number of rotatable bonds is 6. The maximum atomic E-state index is 11.8. The largest absolute Gasteiger partial charge is 0.377 e. The SMILES string of the molecule is CO[n+]1c(-c2cccc(NS(C)(=O)=O)c2)ccc2c(N3CCOC[C@@H]3C)nc(N3CCOC[C@@H]3C)nc21. The molecule has 0 spiro atoms. The zero-order chi connectivity index (χ0) is 26.2. The van der Waals surface area contributed by atoms with Crippen molar-refractivity contribution >= 4 is 38.5 Å². The molecule has 5 rings (SSSR count). The van der Waals surface area contributed by atoms with Crippen LogP contribution in [0.15, 0.2) is 36.4 Å². The van der Waals surface area contributed by atoms with Crippen molar-refractivity contribution in [3.8, 4) is 11.3 Å². The van der Waals surface area contributed by atoms with Crippen LogP contribution in [0.25, 0.3) is 22.3 Å². The highest BCUT2D eigenvalue weighted by Gasteiger charge is 2.33. The van der Waals surface area contributed by atoms with Crippen LogP contribution in [0.3, 0.4) is 0 Å². The number of pyridine rings is 1. The fourth-order valence-corrected chi connectivity index (χ4v) is 5.41. The van der Waals surface area contributed by atoms with Gasteiger partial charge in [-0.2, -0.15) is 4.98 Å². The van der Waals surface area contributed by atoms with E-state index in [0.29, 0.717) is 50.3 Å². The highest BCUT2D eigenvalue weighted by atomic mass is 32.2. The zero-order valence-electron chi connectivity index (χ0n) is 21.5. The molecule has 0 radical (unpaired) electrons. The van der Waals surface area contributed by atoms with Crippen molar-refractivity contribution in [1.82, 2.24) is 9.97 Å². The first-order valence-electron chi connectivity index (χ1n) is 12.3. The van der Waals surface area contributed by atoms with Crippen molar-refractivity contribution in [3.63, 3.8) is 0 Å². The Morgan fingerprint density at radius 3 is 2.38 bits per heavy atom. The molecule has 1 N–H and O–H groups in total. The number of morpholine rings is 2. The number of anilines is 3. The maximum Gasteiger partial charge on any atom is 0.377 e. The van der Waals surface area contributed by atoms with Crippen LogP contribution in [-0.2, 0) is 19.5 Å². The molecule has 2 aliphatic heterocycles. The topological polar surface area (TPSA) is 110 Å². The molecule has 2 atom stereocenters. The number of fused-ring (bicyclic) bond motifs is 1. The number of sulfonamides is 1. The molecule has 3 aromatic rings. The molecule has 0 amide bonds. The van der Waals surface area contributed by atoms with Crippen LogP contribution < -0.4 is 24.1 Å². The van der Waals surface area contributed by atoms with E-state index in [2.05, 4.69) is 28.4 Å². The summed E-state index contributed by atoms with van der Waals surface area (Å²) in [6, 6.07) is 11.4. The van der Waals surface area contributed by atoms with E-state index in [0.717, 1.165) is 35.3 Å². The molecule has 2 saturated heterocycles. The average Bonchev–Trinajstić information content (AvgIpc) is 2.87. The molecule has 11 nitrogen and oxygen atoms in total. The van der Waals surface area contributed by atoms with Crippen molar-refractivity contribution in [2.45, 2.75) is 25.9 Å². The second-order valence-corrected chi connectivity index (χ2v) is 11.2. The third-order valence-corrected chi connectivity index (χ3v) is 7.23. The molecule has 198 valence electrons. The van der Waals surface area contributed by atoms with Crippen molar-refractivity contribution in [2.24, 2.45) is 0 Å². The van der Waals surface area contributed by atoms with Crippen LogP contribution in [0.2, 0.25) is 0 Å². The second kappa shape index (κ2) is 10.3. The van der Waals surface area contributed by atoms with E-state index >= 15 is 0 Å². The van der Waals surface area contributed by atoms with E-state index in [4.69, 9.17) is 24.3 Å². The van der Waals surface area contributed by atoms with Gasteiger partial charge in [0.1, 0.15) is 12.5 Å². The first kappa shape index (κ1) is 25.4. The Morgan fingerprint density at radius 1 is 1.03 bits per heavy atom. The summed E-state index contributed by atoms with van der Waals surface area (Å²) in [5.74, 6) is 1.45. The summed E-state index contributed by atoms with van der Waals surface area (Å²) < 4.78 is 39.1. The van der Waals surface area contributed by atoms with Gasteiger partial charge in [-0.3, -0.25) is 4.72 Å². The summed E-state index contributed by atoms with van der Waals surface area (Å²) in [6.07, 6.45) is 1.13. The van der Waals surface area contributed by atoms with Gasteiger partial charge in [0.05, 0.1) is 44.8 Å². The van der Waals surface area contributed by atoms with Gasteiger partial charge in [-0.15, -0.1) is 0 Å². The van der Waals surface area contributed by atoms with Gasteiger partial charge in [0, 0.05) is 29.3 Å². The van der Waals surface area contributed by atoms with Crippen LogP contribution in [0, 0.1) is 0 Å². The third kappa shape index (κ3) is 5.27. The van der Waals surface area contributed by atoms with Gasteiger partial charge in [-0.1, -0.05) is 12.1 Å². The standard InChI is InChI=1S/C25H33N6O5S/c1-17-15-35-12-10-29(17)23-21-8-9-22(19-6-5-7-20(14-19)28-37(4,32)33)31(34-3)24(21)27-25(26-23)30-11-13-36-16-18(30)2/h5-9,14,17-18,28H,10-13,15-16H2,1-4H3/q+1/t17-,18-/m0/s1. The molecule has 2 fully saturated rings. The van der Waals surface area contributed by atoms with Crippen molar-refractivity contribution < 1.29 is 27.5 Å². The molecule has 1 aromatic carbocycles. The molecule has 0 unspecified atom stereocenters. The lowest BCUT2D eigenvalue weighted by Crippen LogP contribution is -2.48. The van der Waals surface area contributed by atoms with Gasteiger partial charge in [0.25, 0.3) is 0 Å². The molecule has 0 saturated carbocycles. The van der Waals surface area contributed by atoms with E-state index in [-0.39, 0.29) is 12.1 Å². The molecule has 0 aliphatic carbocycles. The number of ether oxygens (including phenoxy) is 2. The van der Waals surface area contributed by atoms with Gasteiger partial charge < -0.3 is 24.1 Å². The number of benzene rings is 1. The minimum atomic E-state index is -3.41. The van der Waals surface area contributed by atoms with Crippen molar-refractivity contribution in [3.05, 3.63) is 36.4 Å². The molecule has 4 heterocycles. The van der Waals surface area contributed by atoms with Crippen LogP contribution in [0.4, 0.5) is 17.5 Å². The fraction of sp³-hybridized carbons (Fsp3) is 0.480. The molecule has 2 aromatic heterocycles. The normalized spacial score (nSPS) is 20.8. The Morgan fingerprint density at radius 2 is 1.73 bits per heavy atom. The molecular formula is C25H33N6O5S+. The van der Waals surface area contributed by atoms with Crippen LogP contribution in [0.5, 0.6) is 0 Å². The van der Waals surface area contributed by atoms with Gasteiger partial charge in [-0.05, 0) is 42.8 Å². The van der Waals surface area contributed by atoms with E-state index in [9.17, 15) is 8.42 Å². The predicted octanol–water partition coefficient (Wildman–Crippen LogP) is 1.46. The van der Waals surface area contributed by atoms with Crippen LogP contribution in [0.1, 0.15) is 13.8 Å². The fourth-order valence-electron chi connectivity index (χ4n) is 4.85. The first-order chi connectivity index (χ1) is 17.7. The predicted molar refractivity (Wildman–Crippen MR) is 141 cm³/mol. The number of hydrogen-bond acceptors (Lipinski definition) is 9. The smallest absolute Gasteiger partial charge is 0.377 e. The number of nitrogens with zero attached hydrogens (tertiary/aromatic N) is 5. The van der Waals surface area contributed by atoms with Crippen LogP contribution >= 0.6 is 0 Å². The zero-order valence-corrected chi connectivity index (χ0v) is 22.4. The molecule has 0 bridgehead atoms. The van der Waals surface area contributed by atoms with Gasteiger partial charge >= 0.3 is 11.6 Å². The van der Waals surface area contributed by atoms with E-state index in [1.807, 2.05) is 18.2 Å².